The van der Waals surface area contributed by atoms with Crippen LogP contribution in [-0.2, 0) is 9.59 Å². The second-order valence-corrected chi connectivity index (χ2v) is 7.02. The standard InChI is InChI=1S/C22H26FN3O2/c1-4-25(5-2)17-10-11-20(15(3)12-17)26-14-16(13-21(26)27)22(28)24-19-9-7-6-8-18(19)23/h6-12,16H,4-5,13-14H2,1-3H3,(H,24,28). The molecule has 1 aliphatic heterocycles. The molecule has 1 fully saturated rings. The van der Waals surface area contributed by atoms with Crippen molar-refractivity contribution in [2.45, 2.75) is 27.2 Å². The van der Waals surface area contributed by atoms with E-state index in [4.69, 9.17) is 0 Å². The van der Waals surface area contributed by atoms with Crippen molar-refractivity contribution in [1.29, 1.82) is 0 Å². The monoisotopic (exact) mass is 383 g/mol. The average molecular weight is 383 g/mol. The van der Waals surface area contributed by atoms with Gasteiger partial charge in [-0.1, -0.05) is 12.1 Å². The molecule has 1 heterocycles. The van der Waals surface area contributed by atoms with Crippen molar-refractivity contribution in [2.75, 3.05) is 34.8 Å². The largest absolute Gasteiger partial charge is 0.372 e. The summed E-state index contributed by atoms with van der Waals surface area (Å²) < 4.78 is 13.8. The lowest BCUT2D eigenvalue weighted by Crippen LogP contribution is -2.29. The number of hydrogen-bond donors (Lipinski definition) is 1. The van der Waals surface area contributed by atoms with Crippen LogP contribution in [0.5, 0.6) is 0 Å². The third-order valence-electron chi connectivity index (χ3n) is 5.23. The van der Waals surface area contributed by atoms with E-state index in [1.165, 1.54) is 12.1 Å². The van der Waals surface area contributed by atoms with Crippen LogP contribution in [0.25, 0.3) is 0 Å². The average Bonchev–Trinajstić information content (AvgIpc) is 3.06. The molecule has 148 valence electrons. The Bertz CT molecular complexity index is 880. The minimum atomic E-state index is -0.506. The van der Waals surface area contributed by atoms with E-state index in [9.17, 15) is 14.0 Å². The number of nitrogens with one attached hydrogen (secondary N) is 1. The fourth-order valence-electron chi connectivity index (χ4n) is 3.64. The molecule has 2 aromatic carbocycles. The van der Waals surface area contributed by atoms with Crippen LogP contribution < -0.4 is 15.1 Å². The van der Waals surface area contributed by atoms with Crippen LogP contribution >= 0.6 is 0 Å². The molecule has 1 aliphatic rings. The van der Waals surface area contributed by atoms with E-state index >= 15 is 0 Å². The number of anilines is 3. The minimum absolute atomic E-state index is 0.0904. The van der Waals surface area contributed by atoms with E-state index in [0.29, 0.717) is 6.54 Å². The van der Waals surface area contributed by atoms with Gasteiger partial charge in [-0.3, -0.25) is 9.59 Å². The zero-order chi connectivity index (χ0) is 20.3. The summed E-state index contributed by atoms with van der Waals surface area (Å²) in [4.78, 5) is 29.0. The molecular weight excluding hydrogens is 357 g/mol. The summed E-state index contributed by atoms with van der Waals surface area (Å²) in [5.74, 6) is -1.42. The summed E-state index contributed by atoms with van der Waals surface area (Å²) in [7, 11) is 0. The summed E-state index contributed by atoms with van der Waals surface area (Å²) in [6.07, 6.45) is 0.123. The van der Waals surface area contributed by atoms with Gasteiger partial charge in [-0.05, 0) is 56.7 Å². The second kappa shape index (κ2) is 8.42. The molecule has 2 aromatic rings. The fraction of sp³-hybridized carbons (Fsp3) is 0.364. The van der Waals surface area contributed by atoms with Gasteiger partial charge in [0.05, 0.1) is 11.6 Å². The van der Waals surface area contributed by atoms with Crippen LogP contribution in [0.3, 0.4) is 0 Å². The highest BCUT2D eigenvalue weighted by Gasteiger charge is 2.36. The van der Waals surface area contributed by atoms with Crippen LogP contribution in [0, 0.1) is 18.7 Å². The topological polar surface area (TPSA) is 52.6 Å². The quantitative estimate of drug-likeness (QED) is 0.821. The molecule has 28 heavy (non-hydrogen) atoms. The molecule has 0 spiro atoms. The Kier molecular flexibility index (Phi) is 5.97. The van der Waals surface area contributed by atoms with Crippen molar-refractivity contribution in [1.82, 2.24) is 0 Å². The molecule has 3 rings (SSSR count). The summed E-state index contributed by atoms with van der Waals surface area (Å²) in [5, 5.41) is 2.60. The second-order valence-electron chi connectivity index (χ2n) is 7.02. The summed E-state index contributed by atoms with van der Waals surface area (Å²) >= 11 is 0. The van der Waals surface area contributed by atoms with Crippen molar-refractivity contribution in [3.8, 4) is 0 Å². The Hall–Kier alpha value is -2.89. The number of nitrogens with zero attached hydrogens (tertiary/aromatic N) is 2. The van der Waals surface area contributed by atoms with E-state index in [1.807, 2.05) is 19.1 Å². The third-order valence-corrected chi connectivity index (χ3v) is 5.23. The first-order valence-corrected chi connectivity index (χ1v) is 9.66. The lowest BCUT2D eigenvalue weighted by molar-refractivity contribution is -0.122. The molecule has 0 aliphatic carbocycles. The maximum Gasteiger partial charge on any atom is 0.229 e. The molecule has 1 N–H and O–H groups in total. The highest BCUT2D eigenvalue weighted by atomic mass is 19.1. The van der Waals surface area contributed by atoms with Gasteiger partial charge in [0.2, 0.25) is 11.8 Å². The fourth-order valence-corrected chi connectivity index (χ4v) is 3.64. The first-order valence-electron chi connectivity index (χ1n) is 9.66. The maximum absolute atomic E-state index is 13.8. The summed E-state index contributed by atoms with van der Waals surface area (Å²) in [6.45, 7) is 8.31. The van der Waals surface area contributed by atoms with Gasteiger partial charge in [0.25, 0.3) is 0 Å². The highest BCUT2D eigenvalue weighted by molar-refractivity contribution is 6.04. The molecule has 5 nitrogen and oxygen atoms in total. The van der Waals surface area contributed by atoms with Gasteiger partial charge in [0.1, 0.15) is 5.82 Å². The number of carbonyl (C=O) groups excluding carboxylic acids is 2. The lowest BCUT2D eigenvalue weighted by atomic mass is 10.1. The SMILES string of the molecule is CCN(CC)c1ccc(N2CC(C(=O)Nc3ccccc3F)CC2=O)c(C)c1. The maximum atomic E-state index is 13.8. The molecule has 0 saturated carbocycles. The number of carbonyl (C=O) groups is 2. The smallest absolute Gasteiger partial charge is 0.229 e. The van der Waals surface area contributed by atoms with E-state index < -0.39 is 11.7 Å². The Morgan fingerprint density at radius 2 is 1.93 bits per heavy atom. The molecule has 0 radical (unpaired) electrons. The van der Waals surface area contributed by atoms with Crippen LogP contribution in [0.15, 0.2) is 42.5 Å². The molecule has 2 amide bonds. The van der Waals surface area contributed by atoms with E-state index in [0.717, 1.165) is 30.0 Å². The number of amides is 2. The highest BCUT2D eigenvalue weighted by Crippen LogP contribution is 2.31. The van der Waals surface area contributed by atoms with Crippen molar-refractivity contribution < 1.29 is 14.0 Å². The van der Waals surface area contributed by atoms with Crippen LogP contribution in [0.1, 0.15) is 25.8 Å². The van der Waals surface area contributed by atoms with Gasteiger partial charge in [0, 0.05) is 37.4 Å². The molecule has 1 saturated heterocycles. The molecule has 0 bridgehead atoms. The number of hydrogen-bond acceptors (Lipinski definition) is 3. The summed E-state index contributed by atoms with van der Waals surface area (Å²) in [6, 6.07) is 12.1. The number of para-hydroxylation sites is 1. The van der Waals surface area contributed by atoms with Crippen molar-refractivity contribution in [3.63, 3.8) is 0 Å². The Labute approximate surface area is 165 Å². The van der Waals surface area contributed by atoms with Crippen molar-refractivity contribution in [2.24, 2.45) is 5.92 Å². The lowest BCUT2D eigenvalue weighted by Gasteiger charge is -2.24. The molecule has 1 atom stereocenters. The van der Waals surface area contributed by atoms with E-state index in [-0.39, 0.29) is 23.9 Å². The first-order chi connectivity index (χ1) is 13.4. The molecule has 1 unspecified atom stereocenters. The van der Waals surface area contributed by atoms with Gasteiger partial charge in [0.15, 0.2) is 0 Å². The third kappa shape index (κ3) is 4.01. The van der Waals surface area contributed by atoms with E-state index in [1.54, 1.807) is 17.0 Å². The normalized spacial score (nSPS) is 16.4. The van der Waals surface area contributed by atoms with Gasteiger partial charge < -0.3 is 15.1 Å². The summed E-state index contributed by atoms with van der Waals surface area (Å²) in [5.41, 5.74) is 3.07. The van der Waals surface area contributed by atoms with Crippen LogP contribution in [-0.4, -0.2) is 31.4 Å². The van der Waals surface area contributed by atoms with Gasteiger partial charge >= 0.3 is 0 Å². The number of halogens is 1. The van der Waals surface area contributed by atoms with Crippen LogP contribution in [0.2, 0.25) is 0 Å². The molecule has 0 aromatic heterocycles. The molecule has 6 heteroatoms. The Balaban J connectivity index is 1.74. The first kappa shape index (κ1) is 19.9. The van der Waals surface area contributed by atoms with Crippen molar-refractivity contribution in [3.05, 3.63) is 53.8 Å². The van der Waals surface area contributed by atoms with Crippen molar-refractivity contribution >= 4 is 28.9 Å². The number of benzene rings is 2. The Morgan fingerprint density at radius 3 is 2.57 bits per heavy atom. The number of aryl methyl sites for hydroxylation is 1. The molecular formula is C22H26FN3O2. The van der Waals surface area contributed by atoms with Crippen LogP contribution in [0.4, 0.5) is 21.5 Å². The van der Waals surface area contributed by atoms with E-state index in [2.05, 4.69) is 30.1 Å². The predicted octanol–water partition coefficient (Wildman–Crippen LogP) is 3.97. The Morgan fingerprint density at radius 1 is 1.21 bits per heavy atom. The number of rotatable bonds is 6. The predicted molar refractivity (Wildman–Crippen MR) is 110 cm³/mol. The minimum Gasteiger partial charge on any atom is -0.372 e. The van der Waals surface area contributed by atoms with Gasteiger partial charge in [-0.25, -0.2) is 4.39 Å². The zero-order valence-electron chi connectivity index (χ0n) is 16.5. The zero-order valence-corrected chi connectivity index (χ0v) is 16.5. The van der Waals surface area contributed by atoms with Gasteiger partial charge in [-0.2, -0.15) is 0 Å². The van der Waals surface area contributed by atoms with Gasteiger partial charge in [-0.15, -0.1) is 0 Å².